The second kappa shape index (κ2) is 7.32. The molecule has 0 aliphatic heterocycles. The van der Waals surface area contributed by atoms with E-state index in [2.05, 4.69) is 26.1 Å². The van der Waals surface area contributed by atoms with Gasteiger partial charge in [0.25, 0.3) is 0 Å². The van der Waals surface area contributed by atoms with Crippen molar-refractivity contribution in [3.63, 3.8) is 0 Å². The first-order valence-electron chi connectivity index (χ1n) is 7.37. The molecule has 0 saturated heterocycles. The molecule has 0 radical (unpaired) electrons. The molecule has 0 spiro atoms. The van der Waals surface area contributed by atoms with E-state index in [-0.39, 0.29) is 0 Å². The third-order valence-corrected chi connectivity index (χ3v) is 3.77. The zero-order valence-electron chi connectivity index (χ0n) is 11.6. The van der Waals surface area contributed by atoms with E-state index in [9.17, 15) is 0 Å². The molecular formula is C15H31N. The monoisotopic (exact) mass is 225 g/mol. The van der Waals surface area contributed by atoms with Gasteiger partial charge in [-0.25, -0.2) is 0 Å². The van der Waals surface area contributed by atoms with E-state index in [0.717, 1.165) is 6.04 Å². The van der Waals surface area contributed by atoms with Crippen LogP contribution in [-0.2, 0) is 0 Å². The lowest BCUT2D eigenvalue weighted by Crippen LogP contribution is -2.23. The molecule has 0 unspecified atom stereocenters. The molecule has 1 rings (SSSR count). The Hall–Kier alpha value is -0.0400. The average Bonchev–Trinajstić information content (AvgIpc) is 3.01. The van der Waals surface area contributed by atoms with Crippen LogP contribution in [0.5, 0.6) is 0 Å². The first-order chi connectivity index (χ1) is 7.64. The van der Waals surface area contributed by atoms with E-state index >= 15 is 0 Å². The summed E-state index contributed by atoms with van der Waals surface area (Å²) < 4.78 is 0. The van der Waals surface area contributed by atoms with Gasteiger partial charge >= 0.3 is 0 Å². The smallest absolute Gasteiger partial charge is 0.00682 e. The molecule has 1 heteroatoms. The van der Waals surface area contributed by atoms with Gasteiger partial charge in [0.15, 0.2) is 0 Å². The minimum Gasteiger partial charge on any atom is -0.314 e. The quantitative estimate of drug-likeness (QED) is 0.539. The van der Waals surface area contributed by atoms with E-state index in [1.54, 1.807) is 0 Å². The molecule has 0 heterocycles. The highest BCUT2D eigenvalue weighted by Gasteiger charge is 2.22. The molecule has 0 aromatic heterocycles. The Balaban J connectivity index is 1.93. The minimum atomic E-state index is 0.550. The fourth-order valence-electron chi connectivity index (χ4n) is 2.23. The Bertz CT molecular complexity index is 170. The van der Waals surface area contributed by atoms with Crippen LogP contribution in [0.25, 0.3) is 0 Å². The van der Waals surface area contributed by atoms with Crippen molar-refractivity contribution in [2.45, 2.75) is 84.6 Å². The largest absolute Gasteiger partial charge is 0.314 e. The maximum Gasteiger partial charge on any atom is 0.00682 e. The molecule has 16 heavy (non-hydrogen) atoms. The average molecular weight is 225 g/mol. The molecule has 1 saturated carbocycles. The first kappa shape index (κ1) is 14.0. The molecule has 0 aromatic rings. The van der Waals surface area contributed by atoms with Crippen LogP contribution in [-0.4, -0.2) is 12.6 Å². The van der Waals surface area contributed by atoms with Crippen molar-refractivity contribution < 1.29 is 0 Å². The van der Waals surface area contributed by atoms with E-state index in [1.807, 2.05) is 0 Å². The lowest BCUT2D eigenvalue weighted by Gasteiger charge is -2.24. The molecule has 0 aromatic carbocycles. The van der Waals surface area contributed by atoms with Gasteiger partial charge in [0, 0.05) is 6.04 Å². The fourth-order valence-corrected chi connectivity index (χ4v) is 2.23. The van der Waals surface area contributed by atoms with Gasteiger partial charge in [-0.3, -0.25) is 0 Å². The summed E-state index contributed by atoms with van der Waals surface area (Å²) in [4.78, 5) is 0. The Labute approximate surface area is 102 Å². The van der Waals surface area contributed by atoms with Crippen molar-refractivity contribution in [1.82, 2.24) is 5.32 Å². The van der Waals surface area contributed by atoms with Crippen molar-refractivity contribution in [2.75, 3.05) is 6.54 Å². The molecule has 0 amide bonds. The summed E-state index contributed by atoms with van der Waals surface area (Å²) in [6.07, 6.45) is 12.7. The summed E-state index contributed by atoms with van der Waals surface area (Å²) in [5.74, 6) is 0. The highest BCUT2D eigenvalue weighted by Crippen LogP contribution is 2.28. The molecule has 0 atom stereocenters. The Morgan fingerprint density at radius 1 is 1.00 bits per heavy atom. The maximum atomic E-state index is 3.62. The van der Waals surface area contributed by atoms with Gasteiger partial charge < -0.3 is 5.32 Å². The number of hydrogen-bond acceptors (Lipinski definition) is 1. The molecule has 0 bridgehead atoms. The Kier molecular flexibility index (Phi) is 6.41. The number of hydrogen-bond donors (Lipinski definition) is 1. The molecule has 96 valence electrons. The molecule has 1 aliphatic rings. The topological polar surface area (TPSA) is 12.0 Å². The molecule has 1 N–H and O–H groups in total. The predicted octanol–water partition coefficient (Wildman–Crippen LogP) is 4.52. The van der Waals surface area contributed by atoms with Gasteiger partial charge in [0.05, 0.1) is 0 Å². The van der Waals surface area contributed by atoms with Crippen LogP contribution >= 0.6 is 0 Å². The van der Waals surface area contributed by atoms with Crippen molar-refractivity contribution >= 4 is 0 Å². The van der Waals surface area contributed by atoms with Crippen LogP contribution in [0.4, 0.5) is 0 Å². The van der Waals surface area contributed by atoms with Crippen molar-refractivity contribution in [2.24, 2.45) is 5.41 Å². The fraction of sp³-hybridized carbons (Fsp3) is 1.00. The summed E-state index contributed by atoms with van der Waals surface area (Å²) in [5, 5.41) is 3.62. The van der Waals surface area contributed by atoms with Crippen molar-refractivity contribution in [3.05, 3.63) is 0 Å². The van der Waals surface area contributed by atoms with Crippen LogP contribution in [0.3, 0.4) is 0 Å². The number of rotatable bonds is 10. The number of unbranched alkanes of at least 4 members (excludes halogenated alkanes) is 4. The van der Waals surface area contributed by atoms with E-state index < -0.39 is 0 Å². The Morgan fingerprint density at radius 2 is 1.69 bits per heavy atom. The highest BCUT2D eigenvalue weighted by molar-refractivity contribution is 4.81. The van der Waals surface area contributed by atoms with Gasteiger partial charge in [-0.15, -0.1) is 0 Å². The Morgan fingerprint density at radius 3 is 2.31 bits per heavy atom. The van der Waals surface area contributed by atoms with Gasteiger partial charge in [-0.05, 0) is 37.6 Å². The third kappa shape index (κ3) is 7.27. The lowest BCUT2D eigenvalue weighted by molar-refractivity contribution is 0.289. The molecular weight excluding hydrogens is 194 g/mol. The summed E-state index contributed by atoms with van der Waals surface area (Å²) in [7, 11) is 0. The van der Waals surface area contributed by atoms with Crippen LogP contribution in [0, 0.1) is 5.41 Å². The lowest BCUT2D eigenvalue weighted by atomic mass is 9.83. The third-order valence-electron chi connectivity index (χ3n) is 3.77. The van der Waals surface area contributed by atoms with Gasteiger partial charge in [-0.1, -0.05) is 52.9 Å². The summed E-state index contributed by atoms with van der Waals surface area (Å²) in [5.41, 5.74) is 0.550. The standard InChI is InChI=1S/C15H31N/c1-4-5-6-7-8-11-15(2,3)12-13-16-14-9-10-14/h14,16H,4-13H2,1-3H3. The van der Waals surface area contributed by atoms with Gasteiger partial charge in [-0.2, -0.15) is 0 Å². The van der Waals surface area contributed by atoms with Crippen molar-refractivity contribution in [1.29, 1.82) is 0 Å². The van der Waals surface area contributed by atoms with Crippen molar-refractivity contribution in [3.8, 4) is 0 Å². The molecule has 1 aliphatic carbocycles. The van der Waals surface area contributed by atoms with Gasteiger partial charge in [0.1, 0.15) is 0 Å². The predicted molar refractivity (Wildman–Crippen MR) is 72.8 cm³/mol. The molecule has 1 fully saturated rings. The zero-order valence-corrected chi connectivity index (χ0v) is 11.6. The second-order valence-electron chi connectivity index (χ2n) is 6.31. The normalized spacial score (nSPS) is 16.7. The maximum absolute atomic E-state index is 3.62. The van der Waals surface area contributed by atoms with Crippen LogP contribution < -0.4 is 5.32 Å². The first-order valence-corrected chi connectivity index (χ1v) is 7.37. The summed E-state index contributed by atoms with van der Waals surface area (Å²) in [6.45, 7) is 8.38. The minimum absolute atomic E-state index is 0.550. The number of nitrogens with one attached hydrogen (secondary N) is 1. The molecule has 1 nitrogen and oxygen atoms in total. The zero-order chi connectivity index (χ0) is 11.9. The second-order valence-corrected chi connectivity index (χ2v) is 6.31. The van der Waals surface area contributed by atoms with Crippen LogP contribution in [0.15, 0.2) is 0 Å². The SMILES string of the molecule is CCCCCCCC(C)(C)CCNC1CC1. The highest BCUT2D eigenvalue weighted by atomic mass is 14.9. The van der Waals surface area contributed by atoms with E-state index in [0.29, 0.717) is 5.41 Å². The summed E-state index contributed by atoms with van der Waals surface area (Å²) >= 11 is 0. The van der Waals surface area contributed by atoms with Crippen LogP contribution in [0.2, 0.25) is 0 Å². The van der Waals surface area contributed by atoms with Gasteiger partial charge in [0.2, 0.25) is 0 Å². The van der Waals surface area contributed by atoms with E-state index in [4.69, 9.17) is 0 Å². The van der Waals surface area contributed by atoms with Crippen LogP contribution in [0.1, 0.15) is 78.6 Å². The summed E-state index contributed by atoms with van der Waals surface area (Å²) in [6, 6.07) is 0.875. The van der Waals surface area contributed by atoms with E-state index in [1.165, 1.54) is 64.3 Å².